The van der Waals surface area contributed by atoms with Crippen molar-refractivity contribution in [3.8, 4) is 0 Å². The van der Waals surface area contributed by atoms with Crippen LogP contribution in [0.1, 0.15) is 23.6 Å². The van der Waals surface area contributed by atoms with Crippen LogP contribution in [-0.2, 0) is 22.6 Å². The van der Waals surface area contributed by atoms with Crippen LogP contribution in [-0.4, -0.2) is 72.8 Å². The lowest BCUT2D eigenvalue weighted by Gasteiger charge is -2.35. The predicted molar refractivity (Wildman–Crippen MR) is 125 cm³/mol. The number of hydrogen-bond donors (Lipinski definition) is 1. The molecule has 0 bridgehead atoms. The Hall–Kier alpha value is -2.70. The molecule has 6 nitrogen and oxygen atoms in total. The van der Waals surface area contributed by atoms with Crippen LogP contribution < -0.4 is 5.32 Å². The van der Waals surface area contributed by atoms with Gasteiger partial charge >= 0.3 is 0 Å². The van der Waals surface area contributed by atoms with Gasteiger partial charge in [0.1, 0.15) is 0 Å². The Labute approximate surface area is 185 Å². The summed E-state index contributed by atoms with van der Waals surface area (Å²) < 4.78 is 0. The van der Waals surface area contributed by atoms with Crippen LogP contribution in [0, 0.1) is 6.92 Å². The first-order valence-corrected chi connectivity index (χ1v) is 11.1. The largest absolute Gasteiger partial charge is 0.339 e. The fourth-order valence-electron chi connectivity index (χ4n) is 3.89. The number of carbonyl (C=O) groups excluding carboxylic acids is 2. The number of piperazine rings is 1. The van der Waals surface area contributed by atoms with Crippen LogP contribution in [0.4, 0.5) is 5.69 Å². The van der Waals surface area contributed by atoms with Gasteiger partial charge in [0.2, 0.25) is 11.8 Å². The summed E-state index contributed by atoms with van der Waals surface area (Å²) in [6, 6.07) is 16.3. The zero-order chi connectivity index (χ0) is 22.2. The molecule has 1 aliphatic rings. The number of hydrogen-bond acceptors (Lipinski definition) is 4. The summed E-state index contributed by atoms with van der Waals surface area (Å²) in [7, 11) is 1.98. The predicted octanol–water partition coefficient (Wildman–Crippen LogP) is 2.77. The van der Waals surface area contributed by atoms with Crippen LogP contribution in [0.25, 0.3) is 0 Å². The molecule has 1 fully saturated rings. The fourth-order valence-corrected chi connectivity index (χ4v) is 3.89. The third-order valence-corrected chi connectivity index (χ3v) is 5.74. The minimum Gasteiger partial charge on any atom is -0.339 e. The first kappa shape index (κ1) is 23.0. The molecular formula is C25H34N4O2. The molecule has 0 aromatic heterocycles. The van der Waals surface area contributed by atoms with Gasteiger partial charge in [-0.2, -0.15) is 0 Å². The zero-order valence-electron chi connectivity index (χ0n) is 18.9. The van der Waals surface area contributed by atoms with Gasteiger partial charge in [-0.1, -0.05) is 55.0 Å². The number of benzene rings is 2. The maximum Gasteiger partial charge on any atom is 0.238 e. The molecule has 1 aliphatic heterocycles. The van der Waals surface area contributed by atoms with E-state index < -0.39 is 0 Å². The highest BCUT2D eigenvalue weighted by atomic mass is 16.2. The summed E-state index contributed by atoms with van der Waals surface area (Å²) in [5.74, 6) is 0.147. The lowest BCUT2D eigenvalue weighted by Crippen LogP contribution is -2.52. The molecule has 0 atom stereocenters. The molecule has 166 valence electrons. The minimum absolute atomic E-state index is 0.00138. The second kappa shape index (κ2) is 11.1. The maximum absolute atomic E-state index is 12.7. The maximum atomic E-state index is 12.7. The van der Waals surface area contributed by atoms with Gasteiger partial charge in [-0.25, -0.2) is 0 Å². The third-order valence-electron chi connectivity index (χ3n) is 5.74. The van der Waals surface area contributed by atoms with E-state index in [9.17, 15) is 9.59 Å². The first-order valence-electron chi connectivity index (χ1n) is 11.1. The van der Waals surface area contributed by atoms with Gasteiger partial charge in [0.05, 0.1) is 13.1 Å². The van der Waals surface area contributed by atoms with Gasteiger partial charge in [-0.15, -0.1) is 0 Å². The molecule has 31 heavy (non-hydrogen) atoms. The number of anilines is 1. The lowest BCUT2D eigenvalue weighted by atomic mass is 10.1. The number of amides is 2. The summed E-state index contributed by atoms with van der Waals surface area (Å²) in [6.45, 7) is 8.43. The lowest BCUT2D eigenvalue weighted by molar-refractivity contribution is -0.134. The van der Waals surface area contributed by atoms with E-state index >= 15 is 0 Å². The van der Waals surface area contributed by atoms with E-state index in [0.29, 0.717) is 26.2 Å². The van der Waals surface area contributed by atoms with Gasteiger partial charge in [0.25, 0.3) is 0 Å². The molecular weight excluding hydrogens is 388 g/mol. The number of carbonyl (C=O) groups is 2. The number of rotatable bonds is 8. The van der Waals surface area contributed by atoms with E-state index in [1.807, 2.05) is 36.2 Å². The average molecular weight is 423 g/mol. The molecule has 0 saturated carbocycles. The van der Waals surface area contributed by atoms with Crippen LogP contribution in [0.3, 0.4) is 0 Å². The Balaban J connectivity index is 1.40. The van der Waals surface area contributed by atoms with Gasteiger partial charge < -0.3 is 10.2 Å². The summed E-state index contributed by atoms with van der Waals surface area (Å²) in [6.07, 6.45) is 0.885. The average Bonchev–Trinajstić information content (AvgIpc) is 2.76. The highest BCUT2D eigenvalue weighted by molar-refractivity contribution is 5.93. The monoisotopic (exact) mass is 422 g/mol. The van der Waals surface area contributed by atoms with E-state index in [4.69, 9.17) is 0 Å². The quantitative estimate of drug-likeness (QED) is 0.711. The number of para-hydroxylation sites is 1. The smallest absolute Gasteiger partial charge is 0.238 e. The number of aryl methyl sites for hydroxylation is 2. The van der Waals surface area contributed by atoms with Crippen molar-refractivity contribution in [1.82, 2.24) is 14.7 Å². The van der Waals surface area contributed by atoms with Crippen molar-refractivity contribution in [2.24, 2.45) is 0 Å². The van der Waals surface area contributed by atoms with Crippen LogP contribution in [0.2, 0.25) is 0 Å². The van der Waals surface area contributed by atoms with E-state index in [1.54, 1.807) is 0 Å². The van der Waals surface area contributed by atoms with Crippen LogP contribution >= 0.6 is 0 Å². The molecule has 1 saturated heterocycles. The second-order valence-electron chi connectivity index (χ2n) is 8.37. The molecule has 0 unspecified atom stereocenters. The van der Waals surface area contributed by atoms with Crippen molar-refractivity contribution >= 4 is 17.5 Å². The zero-order valence-corrected chi connectivity index (χ0v) is 18.9. The van der Waals surface area contributed by atoms with Crippen molar-refractivity contribution in [2.75, 3.05) is 51.6 Å². The second-order valence-corrected chi connectivity index (χ2v) is 8.37. The van der Waals surface area contributed by atoms with Crippen molar-refractivity contribution in [3.63, 3.8) is 0 Å². The van der Waals surface area contributed by atoms with Crippen molar-refractivity contribution in [3.05, 3.63) is 65.2 Å². The molecule has 0 radical (unpaired) electrons. The Kier molecular flexibility index (Phi) is 8.20. The fraction of sp³-hybridized carbons (Fsp3) is 0.440. The number of likely N-dealkylation sites (N-methyl/N-ethyl adjacent to an activating group) is 1. The Morgan fingerprint density at radius 2 is 1.68 bits per heavy atom. The first-order chi connectivity index (χ1) is 14.9. The Morgan fingerprint density at radius 3 is 2.35 bits per heavy atom. The molecule has 3 rings (SSSR count). The van der Waals surface area contributed by atoms with Gasteiger partial charge in [0, 0.05) is 38.4 Å². The van der Waals surface area contributed by atoms with Gasteiger partial charge in [-0.3, -0.25) is 19.4 Å². The van der Waals surface area contributed by atoms with Gasteiger partial charge in [-0.05, 0) is 37.6 Å². The summed E-state index contributed by atoms with van der Waals surface area (Å²) >= 11 is 0. The molecule has 1 N–H and O–H groups in total. The van der Waals surface area contributed by atoms with Crippen LogP contribution in [0.15, 0.2) is 48.5 Å². The summed E-state index contributed by atoms with van der Waals surface area (Å²) in [4.78, 5) is 31.2. The summed E-state index contributed by atoms with van der Waals surface area (Å²) in [5, 5.41) is 3.03. The van der Waals surface area contributed by atoms with E-state index in [-0.39, 0.29) is 11.8 Å². The normalized spacial score (nSPS) is 14.6. The van der Waals surface area contributed by atoms with E-state index in [1.165, 1.54) is 11.1 Å². The number of nitrogens with zero attached hydrogens (tertiary/aromatic N) is 3. The third kappa shape index (κ3) is 6.91. The molecule has 6 heteroatoms. The number of nitrogens with one attached hydrogen (secondary N) is 1. The van der Waals surface area contributed by atoms with Crippen LogP contribution in [0.5, 0.6) is 0 Å². The van der Waals surface area contributed by atoms with E-state index in [0.717, 1.165) is 37.3 Å². The molecule has 1 heterocycles. The molecule has 0 spiro atoms. The Bertz CT molecular complexity index is 873. The van der Waals surface area contributed by atoms with Crippen molar-refractivity contribution in [1.29, 1.82) is 0 Å². The molecule has 0 aliphatic carbocycles. The van der Waals surface area contributed by atoms with Crippen molar-refractivity contribution < 1.29 is 9.59 Å². The molecule has 2 aromatic carbocycles. The molecule has 2 amide bonds. The van der Waals surface area contributed by atoms with E-state index in [2.05, 4.69) is 53.2 Å². The van der Waals surface area contributed by atoms with Gasteiger partial charge in [0.15, 0.2) is 0 Å². The highest BCUT2D eigenvalue weighted by Crippen LogP contribution is 2.15. The minimum atomic E-state index is -0.00138. The molecule has 2 aromatic rings. The highest BCUT2D eigenvalue weighted by Gasteiger charge is 2.23. The standard InChI is InChI=1S/C25H34N4O2/c1-4-22-7-5-6-8-23(22)26-24(30)18-28-13-15-29(16-14-28)25(31)19-27(3)17-21-11-9-20(2)10-12-21/h5-12H,4,13-19H2,1-3H3,(H,26,30). The van der Waals surface area contributed by atoms with Crippen molar-refractivity contribution in [2.45, 2.75) is 26.8 Å². The SMILES string of the molecule is CCc1ccccc1NC(=O)CN1CCN(C(=O)CN(C)Cc2ccc(C)cc2)CC1. The topological polar surface area (TPSA) is 55.9 Å². The Morgan fingerprint density at radius 1 is 1.00 bits per heavy atom. The summed E-state index contributed by atoms with van der Waals surface area (Å²) in [5.41, 5.74) is 4.48.